The Morgan fingerprint density at radius 2 is 2.19 bits per heavy atom. The van der Waals surface area contributed by atoms with Crippen LogP contribution in [0.1, 0.15) is 5.69 Å². The molecular formula is C12H14N2O2. The van der Waals surface area contributed by atoms with Crippen LogP contribution in [-0.4, -0.2) is 18.8 Å². The van der Waals surface area contributed by atoms with Crippen molar-refractivity contribution in [1.29, 1.82) is 0 Å². The van der Waals surface area contributed by atoms with E-state index in [-0.39, 0.29) is 0 Å². The second kappa shape index (κ2) is 4.81. The number of rotatable bonds is 4. The van der Waals surface area contributed by atoms with Crippen molar-refractivity contribution < 1.29 is 9.26 Å². The lowest BCUT2D eigenvalue weighted by molar-refractivity contribution is 0.403. The molecule has 0 bridgehead atoms. The van der Waals surface area contributed by atoms with E-state index in [0.717, 1.165) is 23.4 Å². The van der Waals surface area contributed by atoms with Gasteiger partial charge in [-0.1, -0.05) is 17.3 Å². The molecule has 0 saturated heterocycles. The number of para-hydroxylation sites is 1. The van der Waals surface area contributed by atoms with Gasteiger partial charge in [0.05, 0.1) is 18.4 Å². The van der Waals surface area contributed by atoms with E-state index in [4.69, 9.17) is 15.0 Å². The molecule has 0 atom stereocenters. The highest BCUT2D eigenvalue weighted by Gasteiger charge is 2.10. The second-order valence-corrected chi connectivity index (χ2v) is 3.42. The number of ether oxygens (including phenoxy) is 1. The van der Waals surface area contributed by atoms with Crippen LogP contribution < -0.4 is 10.5 Å². The molecule has 84 valence electrons. The molecule has 0 spiro atoms. The minimum absolute atomic E-state index is 0.567. The summed E-state index contributed by atoms with van der Waals surface area (Å²) >= 11 is 0. The normalized spacial score (nSPS) is 10.4. The van der Waals surface area contributed by atoms with Gasteiger partial charge in [0, 0.05) is 12.5 Å². The first-order valence-corrected chi connectivity index (χ1v) is 5.14. The summed E-state index contributed by atoms with van der Waals surface area (Å²) in [6.45, 7) is 0.567. The van der Waals surface area contributed by atoms with E-state index in [1.54, 1.807) is 7.11 Å². The van der Waals surface area contributed by atoms with Crippen LogP contribution in [0.2, 0.25) is 0 Å². The summed E-state index contributed by atoms with van der Waals surface area (Å²) in [6.07, 6.45) is 0.721. The van der Waals surface area contributed by atoms with Crippen LogP contribution in [-0.2, 0) is 6.42 Å². The van der Waals surface area contributed by atoms with E-state index in [0.29, 0.717) is 12.3 Å². The SMILES string of the molecule is COc1ccccc1-c1cc(CCN)no1. The number of hydrogen-bond acceptors (Lipinski definition) is 4. The standard InChI is InChI=1S/C12H14N2O2/c1-15-11-5-3-2-4-10(11)12-8-9(6-7-13)14-16-12/h2-5,8H,6-7,13H2,1H3. The summed E-state index contributed by atoms with van der Waals surface area (Å²) in [7, 11) is 1.63. The maximum Gasteiger partial charge on any atom is 0.170 e. The van der Waals surface area contributed by atoms with E-state index in [1.807, 2.05) is 30.3 Å². The van der Waals surface area contributed by atoms with Crippen molar-refractivity contribution in [3.8, 4) is 17.1 Å². The van der Waals surface area contributed by atoms with Crippen molar-refractivity contribution in [2.75, 3.05) is 13.7 Å². The first-order valence-electron chi connectivity index (χ1n) is 5.14. The van der Waals surface area contributed by atoms with Gasteiger partial charge in [0.1, 0.15) is 5.75 Å². The molecule has 0 aliphatic rings. The van der Waals surface area contributed by atoms with Crippen molar-refractivity contribution in [3.63, 3.8) is 0 Å². The Kier molecular flexibility index (Phi) is 3.22. The average Bonchev–Trinajstić information content (AvgIpc) is 2.78. The number of methoxy groups -OCH3 is 1. The lowest BCUT2D eigenvalue weighted by Gasteiger charge is -2.03. The summed E-state index contributed by atoms with van der Waals surface area (Å²) in [4.78, 5) is 0. The van der Waals surface area contributed by atoms with E-state index in [2.05, 4.69) is 5.16 Å². The minimum atomic E-state index is 0.567. The van der Waals surface area contributed by atoms with Crippen molar-refractivity contribution in [2.45, 2.75) is 6.42 Å². The fraction of sp³-hybridized carbons (Fsp3) is 0.250. The predicted molar refractivity (Wildman–Crippen MR) is 61.2 cm³/mol. The Morgan fingerprint density at radius 3 is 2.94 bits per heavy atom. The van der Waals surface area contributed by atoms with Crippen molar-refractivity contribution in [1.82, 2.24) is 5.16 Å². The first kappa shape index (κ1) is 10.7. The van der Waals surface area contributed by atoms with Crippen LogP contribution >= 0.6 is 0 Å². The highest BCUT2D eigenvalue weighted by molar-refractivity contribution is 5.65. The number of aromatic nitrogens is 1. The molecule has 0 saturated carbocycles. The molecule has 0 radical (unpaired) electrons. The van der Waals surface area contributed by atoms with Gasteiger partial charge in [0.25, 0.3) is 0 Å². The molecule has 4 heteroatoms. The largest absolute Gasteiger partial charge is 0.496 e. The fourth-order valence-corrected chi connectivity index (χ4v) is 1.55. The molecule has 4 nitrogen and oxygen atoms in total. The third kappa shape index (κ3) is 2.06. The summed E-state index contributed by atoms with van der Waals surface area (Å²) in [5.41, 5.74) is 7.23. The summed E-state index contributed by atoms with van der Waals surface area (Å²) in [5.74, 6) is 1.49. The predicted octanol–water partition coefficient (Wildman–Crippen LogP) is 1.85. The van der Waals surface area contributed by atoms with Gasteiger partial charge in [-0.3, -0.25) is 0 Å². The van der Waals surface area contributed by atoms with Crippen molar-refractivity contribution in [3.05, 3.63) is 36.0 Å². The van der Waals surface area contributed by atoms with Gasteiger partial charge in [-0.15, -0.1) is 0 Å². The smallest absolute Gasteiger partial charge is 0.170 e. The highest BCUT2D eigenvalue weighted by Crippen LogP contribution is 2.29. The lowest BCUT2D eigenvalue weighted by atomic mass is 10.1. The summed E-state index contributed by atoms with van der Waals surface area (Å²) in [6, 6.07) is 9.57. The molecule has 0 fully saturated rings. The zero-order chi connectivity index (χ0) is 11.4. The third-order valence-electron chi connectivity index (χ3n) is 2.33. The van der Waals surface area contributed by atoms with E-state index >= 15 is 0 Å². The number of benzene rings is 1. The molecule has 2 rings (SSSR count). The van der Waals surface area contributed by atoms with Gasteiger partial charge in [-0.05, 0) is 18.7 Å². The van der Waals surface area contributed by atoms with Gasteiger partial charge < -0.3 is 15.0 Å². The molecule has 2 N–H and O–H groups in total. The fourth-order valence-electron chi connectivity index (χ4n) is 1.55. The quantitative estimate of drug-likeness (QED) is 0.850. The lowest BCUT2D eigenvalue weighted by Crippen LogP contribution is -2.02. The van der Waals surface area contributed by atoms with Crippen LogP contribution in [0.3, 0.4) is 0 Å². The Hall–Kier alpha value is -1.81. The molecule has 1 aromatic carbocycles. The molecular weight excluding hydrogens is 204 g/mol. The number of nitrogens with zero attached hydrogens (tertiary/aromatic N) is 1. The molecule has 1 aromatic heterocycles. The second-order valence-electron chi connectivity index (χ2n) is 3.42. The van der Waals surface area contributed by atoms with E-state index in [9.17, 15) is 0 Å². The number of nitrogens with two attached hydrogens (primary N) is 1. The van der Waals surface area contributed by atoms with Crippen LogP contribution in [0.15, 0.2) is 34.9 Å². The van der Waals surface area contributed by atoms with Gasteiger partial charge >= 0.3 is 0 Å². The third-order valence-corrected chi connectivity index (χ3v) is 2.33. The Morgan fingerprint density at radius 1 is 1.38 bits per heavy atom. The van der Waals surface area contributed by atoms with Gasteiger partial charge in [0.15, 0.2) is 5.76 Å². The molecule has 1 heterocycles. The van der Waals surface area contributed by atoms with Crippen molar-refractivity contribution >= 4 is 0 Å². The van der Waals surface area contributed by atoms with Crippen LogP contribution in [0.4, 0.5) is 0 Å². The van der Waals surface area contributed by atoms with Gasteiger partial charge in [-0.25, -0.2) is 0 Å². The van der Waals surface area contributed by atoms with Crippen molar-refractivity contribution in [2.24, 2.45) is 5.73 Å². The van der Waals surface area contributed by atoms with Crippen LogP contribution in [0.5, 0.6) is 5.75 Å². The highest BCUT2D eigenvalue weighted by atomic mass is 16.5. The molecule has 0 unspecified atom stereocenters. The molecule has 0 aliphatic carbocycles. The molecule has 16 heavy (non-hydrogen) atoms. The maximum absolute atomic E-state index is 5.46. The maximum atomic E-state index is 5.46. The minimum Gasteiger partial charge on any atom is -0.496 e. The topological polar surface area (TPSA) is 61.3 Å². The molecule has 2 aromatic rings. The zero-order valence-electron chi connectivity index (χ0n) is 9.14. The number of hydrogen-bond donors (Lipinski definition) is 1. The van der Waals surface area contributed by atoms with E-state index < -0.39 is 0 Å². The zero-order valence-corrected chi connectivity index (χ0v) is 9.14. The average molecular weight is 218 g/mol. The monoisotopic (exact) mass is 218 g/mol. The Labute approximate surface area is 94.0 Å². The van der Waals surface area contributed by atoms with Crippen LogP contribution in [0.25, 0.3) is 11.3 Å². The van der Waals surface area contributed by atoms with E-state index in [1.165, 1.54) is 0 Å². The molecule has 0 aliphatic heterocycles. The summed E-state index contributed by atoms with van der Waals surface area (Å²) in [5, 5.41) is 3.95. The molecule has 0 amide bonds. The first-order chi connectivity index (χ1) is 7.85. The van der Waals surface area contributed by atoms with Crippen LogP contribution in [0, 0.1) is 0 Å². The Bertz CT molecular complexity index is 466. The van der Waals surface area contributed by atoms with Gasteiger partial charge in [-0.2, -0.15) is 0 Å². The Balaban J connectivity index is 2.34. The van der Waals surface area contributed by atoms with Gasteiger partial charge in [0.2, 0.25) is 0 Å². The summed E-state index contributed by atoms with van der Waals surface area (Å²) < 4.78 is 10.5.